The largest absolute Gasteiger partial charge is 0.316 e. The van der Waals surface area contributed by atoms with Gasteiger partial charge in [0, 0.05) is 6.54 Å². The van der Waals surface area contributed by atoms with E-state index in [1.807, 2.05) is 0 Å². The summed E-state index contributed by atoms with van der Waals surface area (Å²) < 4.78 is 0. The molecule has 0 radical (unpaired) electrons. The molecule has 0 aromatic rings. The van der Waals surface area contributed by atoms with Crippen LogP contribution in [-0.2, 0) is 0 Å². The van der Waals surface area contributed by atoms with Crippen molar-refractivity contribution in [3.63, 3.8) is 0 Å². The average molecular weight is 199 g/mol. The maximum Gasteiger partial charge on any atom is 0.00126 e. The van der Waals surface area contributed by atoms with Gasteiger partial charge < -0.3 is 5.32 Å². The fraction of sp³-hybridized carbons (Fsp3) is 1.00. The predicted molar refractivity (Wildman–Crippen MR) is 65.6 cm³/mol. The first-order valence-corrected chi connectivity index (χ1v) is 6.14. The van der Waals surface area contributed by atoms with E-state index in [-0.39, 0.29) is 0 Å². The molecule has 1 N–H and O–H groups in total. The lowest BCUT2D eigenvalue weighted by molar-refractivity contribution is 0.0737. The molecule has 0 atom stereocenters. The monoisotopic (exact) mass is 199 g/mol. The number of rotatable bonds is 6. The van der Waals surface area contributed by atoms with Gasteiger partial charge in [0.1, 0.15) is 0 Å². The average Bonchev–Trinajstić information content (AvgIpc) is 2.11. The van der Waals surface area contributed by atoms with Gasteiger partial charge in [0.25, 0.3) is 0 Å². The van der Waals surface area contributed by atoms with Crippen molar-refractivity contribution >= 4 is 0 Å². The topological polar surface area (TPSA) is 12.0 Å². The Morgan fingerprint density at radius 3 is 1.71 bits per heavy atom. The van der Waals surface area contributed by atoms with E-state index in [0.717, 1.165) is 13.1 Å². The summed E-state index contributed by atoms with van der Waals surface area (Å²) in [5.41, 5.74) is 0.861. The fourth-order valence-electron chi connectivity index (χ4n) is 2.33. The van der Waals surface area contributed by atoms with E-state index in [4.69, 9.17) is 0 Å². The molecule has 0 aliphatic carbocycles. The number of hydrogen-bond acceptors (Lipinski definition) is 1. The second-order valence-electron chi connectivity index (χ2n) is 5.41. The number of hydrogen-bond donors (Lipinski definition) is 1. The molecule has 14 heavy (non-hydrogen) atoms. The minimum Gasteiger partial charge on any atom is -0.316 e. The summed E-state index contributed by atoms with van der Waals surface area (Å²) in [7, 11) is 0. The Hall–Kier alpha value is -0.0400. The van der Waals surface area contributed by atoms with Crippen molar-refractivity contribution in [2.45, 2.75) is 60.8 Å². The Bertz CT molecular complexity index is 140. The molecule has 86 valence electrons. The maximum atomic E-state index is 3.58. The van der Waals surface area contributed by atoms with E-state index in [9.17, 15) is 0 Å². The Labute approximate surface area is 90.7 Å². The highest BCUT2D eigenvalue weighted by Gasteiger charge is 2.37. The van der Waals surface area contributed by atoms with Crippen LogP contribution in [-0.4, -0.2) is 13.1 Å². The molecular formula is C13H29N. The Kier molecular flexibility index (Phi) is 5.73. The van der Waals surface area contributed by atoms with Crippen LogP contribution < -0.4 is 5.32 Å². The maximum absolute atomic E-state index is 3.58. The van der Waals surface area contributed by atoms with Crippen LogP contribution in [0.15, 0.2) is 0 Å². The van der Waals surface area contributed by atoms with Gasteiger partial charge in [0.15, 0.2) is 0 Å². The van der Waals surface area contributed by atoms with Crippen LogP contribution >= 0.6 is 0 Å². The Balaban J connectivity index is 4.39. The first kappa shape index (κ1) is 14.0. The zero-order chi connectivity index (χ0) is 11.2. The van der Waals surface area contributed by atoms with Gasteiger partial charge in [0.05, 0.1) is 0 Å². The quantitative estimate of drug-likeness (QED) is 0.641. The van der Waals surface area contributed by atoms with E-state index in [0.29, 0.717) is 10.8 Å². The molecule has 0 aliphatic heterocycles. The highest BCUT2D eigenvalue weighted by molar-refractivity contribution is 4.89. The van der Waals surface area contributed by atoms with Crippen molar-refractivity contribution in [3.05, 3.63) is 0 Å². The smallest absolute Gasteiger partial charge is 0.00126 e. The summed E-state index contributed by atoms with van der Waals surface area (Å²) in [6, 6.07) is 0. The highest BCUT2D eigenvalue weighted by Crippen LogP contribution is 2.43. The van der Waals surface area contributed by atoms with Gasteiger partial charge in [-0.05, 0) is 36.6 Å². The van der Waals surface area contributed by atoms with Crippen LogP contribution in [0, 0.1) is 10.8 Å². The summed E-state index contributed by atoms with van der Waals surface area (Å²) in [5, 5.41) is 3.58. The second-order valence-corrected chi connectivity index (χ2v) is 5.41. The van der Waals surface area contributed by atoms with Crippen LogP contribution in [0.3, 0.4) is 0 Å². The summed E-state index contributed by atoms with van der Waals surface area (Å²) in [6.45, 7) is 16.3. The molecule has 0 fully saturated rings. The van der Waals surface area contributed by atoms with Gasteiger partial charge in [-0.25, -0.2) is 0 Å². The van der Waals surface area contributed by atoms with Gasteiger partial charge in [0.2, 0.25) is 0 Å². The third-order valence-corrected chi connectivity index (χ3v) is 3.83. The summed E-state index contributed by atoms with van der Waals surface area (Å²) in [5.74, 6) is 0. The molecule has 0 heterocycles. The van der Waals surface area contributed by atoms with E-state index in [1.165, 1.54) is 19.3 Å². The van der Waals surface area contributed by atoms with Crippen molar-refractivity contribution in [2.75, 3.05) is 13.1 Å². The Morgan fingerprint density at radius 2 is 1.43 bits per heavy atom. The molecule has 1 nitrogen and oxygen atoms in total. The Morgan fingerprint density at radius 1 is 0.929 bits per heavy atom. The molecular weight excluding hydrogens is 170 g/mol. The van der Waals surface area contributed by atoms with Gasteiger partial charge in [-0.1, -0.05) is 41.5 Å². The molecule has 1 heteroatoms. The lowest BCUT2D eigenvalue weighted by Crippen LogP contribution is -2.43. The van der Waals surface area contributed by atoms with Crippen LogP contribution in [0.4, 0.5) is 0 Å². The van der Waals surface area contributed by atoms with Crippen LogP contribution in [0.2, 0.25) is 0 Å². The van der Waals surface area contributed by atoms with E-state index in [1.54, 1.807) is 0 Å². The molecule has 0 amide bonds. The SMILES string of the molecule is CCCNCC(CC)(CC)C(C)(C)C. The van der Waals surface area contributed by atoms with Crippen LogP contribution in [0.25, 0.3) is 0 Å². The third-order valence-electron chi connectivity index (χ3n) is 3.83. The minimum atomic E-state index is 0.400. The lowest BCUT2D eigenvalue weighted by Gasteiger charge is -2.44. The third kappa shape index (κ3) is 3.27. The number of nitrogens with one attached hydrogen (secondary N) is 1. The molecule has 0 aromatic carbocycles. The lowest BCUT2D eigenvalue weighted by atomic mass is 9.63. The minimum absolute atomic E-state index is 0.400. The summed E-state index contributed by atoms with van der Waals surface area (Å²) >= 11 is 0. The van der Waals surface area contributed by atoms with E-state index in [2.05, 4.69) is 46.9 Å². The van der Waals surface area contributed by atoms with Crippen molar-refractivity contribution in [1.82, 2.24) is 5.32 Å². The normalized spacial score (nSPS) is 13.3. The van der Waals surface area contributed by atoms with Crippen molar-refractivity contribution in [2.24, 2.45) is 10.8 Å². The summed E-state index contributed by atoms with van der Waals surface area (Å²) in [4.78, 5) is 0. The molecule has 0 spiro atoms. The van der Waals surface area contributed by atoms with Gasteiger partial charge in [-0.3, -0.25) is 0 Å². The van der Waals surface area contributed by atoms with E-state index < -0.39 is 0 Å². The summed E-state index contributed by atoms with van der Waals surface area (Å²) in [6.07, 6.45) is 3.76. The van der Waals surface area contributed by atoms with Crippen molar-refractivity contribution in [1.29, 1.82) is 0 Å². The standard InChI is InChI=1S/C13H29N/c1-7-10-14-11-13(8-2,9-3)12(4,5)6/h14H,7-11H2,1-6H3. The zero-order valence-corrected chi connectivity index (χ0v) is 11.0. The molecule has 0 saturated carbocycles. The molecule has 0 aromatic heterocycles. The fourth-order valence-corrected chi connectivity index (χ4v) is 2.33. The van der Waals surface area contributed by atoms with Gasteiger partial charge >= 0.3 is 0 Å². The van der Waals surface area contributed by atoms with Crippen LogP contribution in [0.5, 0.6) is 0 Å². The van der Waals surface area contributed by atoms with Gasteiger partial charge in [-0.2, -0.15) is 0 Å². The molecule has 0 unspecified atom stereocenters. The molecule has 0 aliphatic rings. The van der Waals surface area contributed by atoms with Crippen molar-refractivity contribution in [3.8, 4) is 0 Å². The second kappa shape index (κ2) is 5.75. The molecule has 0 rings (SSSR count). The van der Waals surface area contributed by atoms with Crippen molar-refractivity contribution < 1.29 is 0 Å². The molecule has 0 saturated heterocycles. The predicted octanol–water partition coefficient (Wildman–Crippen LogP) is 3.84. The molecule has 0 bridgehead atoms. The van der Waals surface area contributed by atoms with E-state index >= 15 is 0 Å². The zero-order valence-electron chi connectivity index (χ0n) is 11.0. The van der Waals surface area contributed by atoms with Crippen LogP contribution in [0.1, 0.15) is 60.8 Å². The highest BCUT2D eigenvalue weighted by atomic mass is 14.9. The first-order chi connectivity index (χ1) is 6.43. The van der Waals surface area contributed by atoms with Gasteiger partial charge in [-0.15, -0.1) is 0 Å². The first-order valence-electron chi connectivity index (χ1n) is 6.14.